The topological polar surface area (TPSA) is 96.2 Å². The monoisotopic (exact) mass is 374 g/mol. The first kappa shape index (κ1) is 19.3. The number of amides is 3. The fraction of sp³-hybridized carbons (Fsp3) is 0.526. The van der Waals surface area contributed by atoms with E-state index in [1.165, 1.54) is 4.90 Å². The van der Waals surface area contributed by atoms with Crippen molar-refractivity contribution in [2.75, 3.05) is 44.2 Å². The lowest BCUT2D eigenvalue weighted by atomic mass is 10.1. The van der Waals surface area contributed by atoms with Gasteiger partial charge in [0.15, 0.2) is 0 Å². The fourth-order valence-electron chi connectivity index (χ4n) is 3.54. The Kier molecular flexibility index (Phi) is 6.08. The molecule has 2 heterocycles. The summed E-state index contributed by atoms with van der Waals surface area (Å²) in [5.74, 6) is -0.00713. The second-order valence-electron chi connectivity index (χ2n) is 6.91. The second-order valence-corrected chi connectivity index (χ2v) is 6.91. The Bertz CT molecular complexity index is 698. The van der Waals surface area contributed by atoms with Gasteiger partial charge >= 0.3 is 0 Å². The molecule has 1 aromatic rings. The summed E-state index contributed by atoms with van der Waals surface area (Å²) in [6.45, 7) is 5.47. The third-order valence-electron chi connectivity index (χ3n) is 4.92. The van der Waals surface area contributed by atoms with Crippen LogP contribution in [0.3, 0.4) is 0 Å². The second kappa shape index (κ2) is 8.49. The Morgan fingerprint density at radius 3 is 2.41 bits per heavy atom. The van der Waals surface area contributed by atoms with Crippen molar-refractivity contribution in [3.05, 3.63) is 24.3 Å². The zero-order chi connectivity index (χ0) is 19.4. The molecular formula is C19H26N4O4. The minimum absolute atomic E-state index is 0.183. The van der Waals surface area contributed by atoms with Gasteiger partial charge in [0.05, 0.1) is 31.3 Å². The largest absolute Gasteiger partial charge is 0.494 e. The molecule has 0 bridgehead atoms. The van der Waals surface area contributed by atoms with Crippen molar-refractivity contribution in [2.24, 2.45) is 5.73 Å². The molecular weight excluding hydrogens is 348 g/mol. The molecule has 0 unspecified atom stereocenters. The Morgan fingerprint density at radius 2 is 1.81 bits per heavy atom. The van der Waals surface area contributed by atoms with E-state index >= 15 is 0 Å². The number of hydrogen-bond acceptors (Lipinski definition) is 6. The van der Waals surface area contributed by atoms with Crippen LogP contribution in [0.2, 0.25) is 0 Å². The summed E-state index contributed by atoms with van der Waals surface area (Å²) in [4.78, 5) is 41.6. The molecule has 0 aromatic heterocycles. The Labute approximate surface area is 158 Å². The van der Waals surface area contributed by atoms with E-state index in [1.807, 2.05) is 16.7 Å². The zero-order valence-electron chi connectivity index (χ0n) is 15.6. The summed E-state index contributed by atoms with van der Waals surface area (Å²) in [6.07, 6.45) is 1.10. The number of nitrogens with two attached hydrogens (primary N) is 1. The van der Waals surface area contributed by atoms with E-state index in [-0.39, 0.29) is 30.7 Å². The number of primary amides is 1. The highest BCUT2D eigenvalue weighted by molar-refractivity contribution is 6.22. The molecule has 2 saturated heterocycles. The first-order chi connectivity index (χ1) is 13.0. The van der Waals surface area contributed by atoms with Gasteiger partial charge in [-0.1, -0.05) is 6.92 Å². The van der Waals surface area contributed by atoms with Gasteiger partial charge in [-0.3, -0.25) is 24.2 Å². The quantitative estimate of drug-likeness (QED) is 0.686. The van der Waals surface area contributed by atoms with E-state index < -0.39 is 6.04 Å². The molecule has 2 aliphatic heterocycles. The van der Waals surface area contributed by atoms with E-state index in [1.54, 1.807) is 24.3 Å². The normalized spacial score (nSPS) is 21.7. The van der Waals surface area contributed by atoms with Crippen molar-refractivity contribution in [1.29, 1.82) is 0 Å². The van der Waals surface area contributed by atoms with Crippen LogP contribution in [0, 0.1) is 0 Å². The number of rotatable bonds is 7. The third kappa shape index (κ3) is 4.45. The summed E-state index contributed by atoms with van der Waals surface area (Å²) in [6, 6.07) is 6.61. The van der Waals surface area contributed by atoms with Crippen molar-refractivity contribution in [3.8, 4) is 5.75 Å². The number of piperazine rings is 1. The zero-order valence-corrected chi connectivity index (χ0v) is 15.6. The highest BCUT2D eigenvalue weighted by Crippen LogP contribution is 2.28. The van der Waals surface area contributed by atoms with Crippen LogP contribution in [0.1, 0.15) is 19.8 Å². The SMILES string of the molecule is CCCOc1ccc(N2C(=O)C[C@@H](N3CCN(CC(N)=O)CC3)C2=O)cc1. The number of carbonyl (C=O) groups excluding carboxylic acids is 3. The molecule has 2 fully saturated rings. The standard InChI is InChI=1S/C19H26N4O4/c1-2-11-27-15-5-3-14(4-6-15)23-18(25)12-16(19(23)26)22-9-7-21(8-10-22)13-17(20)24/h3-6,16H,2,7-13H2,1H3,(H2,20,24)/t16-/m1/s1. The lowest BCUT2D eigenvalue weighted by molar-refractivity contribution is -0.124. The van der Waals surface area contributed by atoms with Gasteiger partial charge in [-0.25, -0.2) is 4.90 Å². The van der Waals surface area contributed by atoms with Crippen molar-refractivity contribution < 1.29 is 19.1 Å². The van der Waals surface area contributed by atoms with Crippen molar-refractivity contribution >= 4 is 23.4 Å². The van der Waals surface area contributed by atoms with Crippen LogP contribution in [0.25, 0.3) is 0 Å². The van der Waals surface area contributed by atoms with Crippen LogP contribution in [-0.4, -0.2) is 72.9 Å². The maximum atomic E-state index is 12.9. The van der Waals surface area contributed by atoms with Crippen LogP contribution in [0.5, 0.6) is 5.75 Å². The van der Waals surface area contributed by atoms with Crippen molar-refractivity contribution in [1.82, 2.24) is 9.80 Å². The summed E-state index contributed by atoms with van der Waals surface area (Å²) >= 11 is 0. The van der Waals surface area contributed by atoms with Crippen LogP contribution >= 0.6 is 0 Å². The smallest absolute Gasteiger partial charge is 0.251 e. The average molecular weight is 374 g/mol. The van der Waals surface area contributed by atoms with Crippen molar-refractivity contribution in [2.45, 2.75) is 25.8 Å². The van der Waals surface area contributed by atoms with Gasteiger partial charge in [-0.05, 0) is 30.7 Å². The molecule has 8 heteroatoms. The first-order valence-electron chi connectivity index (χ1n) is 9.34. The van der Waals surface area contributed by atoms with E-state index in [9.17, 15) is 14.4 Å². The summed E-state index contributed by atoms with van der Waals surface area (Å²) < 4.78 is 5.55. The van der Waals surface area contributed by atoms with E-state index in [0.717, 1.165) is 12.2 Å². The number of nitrogens with zero attached hydrogens (tertiary/aromatic N) is 3. The van der Waals surface area contributed by atoms with Gasteiger partial charge in [-0.15, -0.1) is 0 Å². The molecule has 8 nitrogen and oxygen atoms in total. The highest BCUT2D eigenvalue weighted by Gasteiger charge is 2.43. The number of imide groups is 1. The predicted octanol–water partition coefficient (Wildman–Crippen LogP) is 0.210. The lowest BCUT2D eigenvalue weighted by Crippen LogP contribution is -2.53. The molecule has 3 rings (SSSR count). The number of hydrogen-bond donors (Lipinski definition) is 1. The molecule has 0 spiro atoms. The minimum atomic E-state index is -0.441. The van der Waals surface area contributed by atoms with Gasteiger partial charge in [0, 0.05) is 26.2 Å². The molecule has 1 atom stereocenters. The molecule has 146 valence electrons. The van der Waals surface area contributed by atoms with Crippen molar-refractivity contribution in [3.63, 3.8) is 0 Å². The molecule has 2 aliphatic rings. The number of carbonyl (C=O) groups is 3. The highest BCUT2D eigenvalue weighted by atomic mass is 16.5. The maximum absolute atomic E-state index is 12.9. The molecule has 0 radical (unpaired) electrons. The maximum Gasteiger partial charge on any atom is 0.251 e. The van der Waals surface area contributed by atoms with Gasteiger partial charge < -0.3 is 10.5 Å². The third-order valence-corrected chi connectivity index (χ3v) is 4.92. The van der Waals surface area contributed by atoms with Crippen LogP contribution in [0.15, 0.2) is 24.3 Å². The molecule has 3 amide bonds. The van der Waals surface area contributed by atoms with Crippen LogP contribution in [0.4, 0.5) is 5.69 Å². The number of benzene rings is 1. The van der Waals surface area contributed by atoms with E-state index in [0.29, 0.717) is 38.5 Å². The number of ether oxygens (including phenoxy) is 1. The van der Waals surface area contributed by atoms with Gasteiger partial charge in [0.1, 0.15) is 5.75 Å². The summed E-state index contributed by atoms with van der Waals surface area (Å²) in [5, 5.41) is 0. The van der Waals surface area contributed by atoms with Gasteiger partial charge in [0.25, 0.3) is 5.91 Å². The molecule has 1 aromatic carbocycles. The number of anilines is 1. The van der Waals surface area contributed by atoms with Gasteiger partial charge in [-0.2, -0.15) is 0 Å². The lowest BCUT2D eigenvalue weighted by Gasteiger charge is -2.36. The van der Waals surface area contributed by atoms with E-state index in [2.05, 4.69) is 0 Å². The molecule has 2 N–H and O–H groups in total. The van der Waals surface area contributed by atoms with Crippen LogP contribution in [-0.2, 0) is 14.4 Å². The Morgan fingerprint density at radius 1 is 1.15 bits per heavy atom. The Balaban J connectivity index is 1.62. The summed E-state index contributed by atoms with van der Waals surface area (Å²) in [5.41, 5.74) is 5.80. The first-order valence-corrected chi connectivity index (χ1v) is 9.34. The predicted molar refractivity (Wildman–Crippen MR) is 100 cm³/mol. The van der Waals surface area contributed by atoms with E-state index in [4.69, 9.17) is 10.5 Å². The van der Waals surface area contributed by atoms with Crippen LogP contribution < -0.4 is 15.4 Å². The minimum Gasteiger partial charge on any atom is -0.494 e. The average Bonchev–Trinajstić information content (AvgIpc) is 2.95. The molecule has 27 heavy (non-hydrogen) atoms. The molecule has 0 aliphatic carbocycles. The van der Waals surface area contributed by atoms with Gasteiger partial charge in [0.2, 0.25) is 11.8 Å². The summed E-state index contributed by atoms with van der Waals surface area (Å²) in [7, 11) is 0. The molecule has 0 saturated carbocycles. The Hall–Kier alpha value is -2.45. The fourth-order valence-corrected chi connectivity index (χ4v) is 3.54.